The molecule has 0 aromatic heterocycles. The normalized spacial score (nSPS) is 14.7. The number of quaternary nitrogens is 1. The number of nitrogens with zero attached hydrogens (tertiary/aromatic N) is 1. The molecule has 0 aliphatic rings. The number of aliphatic hydroxyl groups is 1. The number of nitrogens with one attached hydrogen (secondary N) is 1. The van der Waals surface area contributed by atoms with Crippen molar-refractivity contribution in [3.05, 3.63) is 72.9 Å². The zero-order chi connectivity index (χ0) is 47.1. The van der Waals surface area contributed by atoms with Crippen LogP contribution >= 0.6 is 7.82 Å². The molecule has 3 atom stereocenters. The minimum atomic E-state index is -4.57. The molecule has 64 heavy (non-hydrogen) atoms. The van der Waals surface area contributed by atoms with Crippen LogP contribution in [0.3, 0.4) is 0 Å². The van der Waals surface area contributed by atoms with E-state index < -0.39 is 20.0 Å². The molecule has 0 heterocycles. The van der Waals surface area contributed by atoms with E-state index in [2.05, 4.69) is 92.1 Å². The highest BCUT2D eigenvalue weighted by Gasteiger charge is 2.24. The number of hydrogen-bond donors (Lipinski definition) is 2. The first-order valence-corrected chi connectivity index (χ1v) is 27.7. The average molecular weight is 917 g/mol. The van der Waals surface area contributed by atoms with Gasteiger partial charge in [0.05, 0.1) is 39.9 Å². The van der Waals surface area contributed by atoms with Crippen LogP contribution in [0.15, 0.2) is 72.9 Å². The Bertz CT molecular complexity index is 1270. The van der Waals surface area contributed by atoms with E-state index in [9.17, 15) is 19.4 Å². The third-order valence-corrected chi connectivity index (χ3v) is 12.4. The number of allylic oxidation sites excluding steroid dienone is 12. The lowest BCUT2D eigenvalue weighted by atomic mass is 10.0. The third kappa shape index (κ3) is 47.9. The molecule has 0 saturated heterocycles. The van der Waals surface area contributed by atoms with Gasteiger partial charge in [0.15, 0.2) is 0 Å². The molecule has 0 bridgehead atoms. The Hall–Kier alpha value is -2.06. The van der Waals surface area contributed by atoms with Crippen LogP contribution in [-0.4, -0.2) is 68.5 Å². The summed E-state index contributed by atoms with van der Waals surface area (Å²) in [5, 5.41) is 14.0. The van der Waals surface area contributed by atoms with Crippen LogP contribution in [0.1, 0.15) is 219 Å². The summed E-state index contributed by atoms with van der Waals surface area (Å²) in [6.07, 6.45) is 62.0. The van der Waals surface area contributed by atoms with E-state index >= 15 is 0 Å². The van der Waals surface area contributed by atoms with Crippen molar-refractivity contribution in [3.63, 3.8) is 0 Å². The Morgan fingerprint density at radius 3 is 1.39 bits per heavy atom. The molecule has 372 valence electrons. The molecule has 9 heteroatoms. The summed E-state index contributed by atoms with van der Waals surface area (Å²) in [5.41, 5.74) is 0. The molecular weight excluding hydrogens is 816 g/mol. The molecule has 0 aromatic rings. The van der Waals surface area contributed by atoms with Crippen molar-refractivity contribution >= 4 is 13.7 Å². The highest BCUT2D eigenvalue weighted by molar-refractivity contribution is 7.45. The van der Waals surface area contributed by atoms with Crippen LogP contribution in [0.4, 0.5) is 0 Å². The second kappa shape index (κ2) is 46.1. The van der Waals surface area contributed by atoms with Crippen molar-refractivity contribution in [3.8, 4) is 0 Å². The SMILES string of the molecule is CC/C=C\C/C=C\C/C=C\C/C=C\C/C=C\C/C=C\CCCCCCCCCCC(=O)NC(COP(=O)([O-])OCC[N+](C)(C)C)C(O)CCCCCCCCCCCCCCCCC. The maximum Gasteiger partial charge on any atom is 0.268 e. The van der Waals surface area contributed by atoms with E-state index in [1.807, 2.05) is 21.1 Å². The molecule has 0 rings (SSSR count). The van der Waals surface area contributed by atoms with Gasteiger partial charge >= 0.3 is 0 Å². The highest BCUT2D eigenvalue weighted by atomic mass is 31.2. The summed E-state index contributed by atoms with van der Waals surface area (Å²) in [5.74, 6) is -0.176. The number of aliphatic hydroxyl groups excluding tert-OH is 1. The molecule has 0 fully saturated rings. The number of likely N-dealkylation sites (N-methyl/N-ethyl adjacent to an activating group) is 1. The van der Waals surface area contributed by atoms with Crippen molar-refractivity contribution in [2.24, 2.45) is 0 Å². The summed E-state index contributed by atoms with van der Waals surface area (Å²) >= 11 is 0. The van der Waals surface area contributed by atoms with Crippen LogP contribution in [0.25, 0.3) is 0 Å². The lowest BCUT2D eigenvalue weighted by Crippen LogP contribution is -2.46. The molecule has 0 radical (unpaired) electrons. The maximum absolute atomic E-state index is 12.9. The first kappa shape index (κ1) is 61.9. The van der Waals surface area contributed by atoms with E-state index in [0.717, 1.165) is 83.5 Å². The molecule has 0 spiro atoms. The summed E-state index contributed by atoms with van der Waals surface area (Å²) in [6.45, 7) is 4.60. The number of amides is 1. The van der Waals surface area contributed by atoms with E-state index in [0.29, 0.717) is 23.9 Å². The van der Waals surface area contributed by atoms with Crippen molar-refractivity contribution in [1.29, 1.82) is 0 Å². The van der Waals surface area contributed by atoms with Gasteiger partial charge in [-0.05, 0) is 64.2 Å². The number of phosphoric ester groups is 1. The molecule has 8 nitrogen and oxygen atoms in total. The van der Waals surface area contributed by atoms with Gasteiger partial charge < -0.3 is 28.8 Å². The number of carbonyl (C=O) groups excluding carboxylic acids is 1. The van der Waals surface area contributed by atoms with Crippen molar-refractivity contribution in [2.75, 3.05) is 40.9 Å². The van der Waals surface area contributed by atoms with Gasteiger partial charge in [0.1, 0.15) is 13.2 Å². The topological polar surface area (TPSA) is 108 Å². The van der Waals surface area contributed by atoms with Gasteiger partial charge in [-0.25, -0.2) is 0 Å². The molecule has 0 saturated carbocycles. The van der Waals surface area contributed by atoms with Gasteiger partial charge in [-0.2, -0.15) is 0 Å². The van der Waals surface area contributed by atoms with Gasteiger partial charge in [-0.1, -0.05) is 222 Å². The summed E-state index contributed by atoms with van der Waals surface area (Å²) in [4.78, 5) is 25.5. The number of hydrogen-bond acceptors (Lipinski definition) is 6. The smallest absolute Gasteiger partial charge is 0.268 e. The largest absolute Gasteiger partial charge is 0.756 e. The van der Waals surface area contributed by atoms with Gasteiger partial charge in [-0.15, -0.1) is 0 Å². The zero-order valence-electron chi connectivity index (χ0n) is 42.2. The Morgan fingerprint density at radius 1 is 0.562 bits per heavy atom. The van der Waals surface area contributed by atoms with Gasteiger partial charge in [0.2, 0.25) is 5.91 Å². The number of carbonyl (C=O) groups is 1. The number of rotatable bonds is 47. The molecule has 0 aliphatic heterocycles. The van der Waals surface area contributed by atoms with Gasteiger partial charge in [0.25, 0.3) is 7.82 Å². The Balaban J connectivity index is 4.24. The van der Waals surface area contributed by atoms with E-state index in [4.69, 9.17) is 9.05 Å². The van der Waals surface area contributed by atoms with Crippen molar-refractivity contribution in [1.82, 2.24) is 5.32 Å². The fourth-order valence-corrected chi connectivity index (χ4v) is 8.06. The number of unbranched alkanes of at least 4 members (excludes halogenated alkanes) is 22. The molecule has 3 unspecified atom stereocenters. The molecule has 0 aromatic carbocycles. The third-order valence-electron chi connectivity index (χ3n) is 11.5. The fourth-order valence-electron chi connectivity index (χ4n) is 7.34. The van der Waals surface area contributed by atoms with Crippen molar-refractivity contribution < 1.29 is 32.9 Å². The first-order valence-electron chi connectivity index (χ1n) is 26.3. The number of phosphoric acid groups is 1. The second-order valence-corrected chi connectivity index (χ2v) is 20.3. The molecular formula is C55H101N2O6P. The Kier molecular flexibility index (Phi) is 44.6. The molecule has 2 N–H and O–H groups in total. The average Bonchev–Trinajstić information content (AvgIpc) is 3.25. The standard InChI is InChI=1S/C55H101N2O6P/c1-6-8-10-12-14-16-18-20-22-23-24-25-26-27-28-29-30-31-32-33-35-37-39-41-43-45-47-49-55(59)56-53(52-63-64(60,61)62-51-50-57(3,4)5)54(58)48-46-44-42-40-38-36-34-21-19-17-15-13-11-9-7-2/h8,10,14,16,20,22,24-25,27-28,30-31,53-54,58H,6-7,9,11-13,15,17-19,21,23,26,29,32-52H2,1-5H3,(H-,56,59,60,61)/b10-8-,16-14-,22-20-,25-24-,28-27-,31-30-. The summed E-state index contributed by atoms with van der Waals surface area (Å²) in [7, 11) is 1.29. The van der Waals surface area contributed by atoms with Crippen LogP contribution < -0.4 is 10.2 Å². The van der Waals surface area contributed by atoms with Gasteiger partial charge in [-0.3, -0.25) is 9.36 Å². The second-order valence-electron chi connectivity index (χ2n) is 18.9. The Labute approximate surface area is 395 Å². The van der Waals surface area contributed by atoms with Crippen molar-refractivity contribution in [2.45, 2.75) is 231 Å². The predicted octanol–water partition coefficient (Wildman–Crippen LogP) is 14.9. The summed E-state index contributed by atoms with van der Waals surface area (Å²) < 4.78 is 23.3. The predicted molar refractivity (Wildman–Crippen MR) is 274 cm³/mol. The lowest BCUT2D eigenvalue weighted by molar-refractivity contribution is -0.870. The highest BCUT2D eigenvalue weighted by Crippen LogP contribution is 2.38. The zero-order valence-corrected chi connectivity index (χ0v) is 43.1. The lowest BCUT2D eigenvalue weighted by Gasteiger charge is -2.30. The first-order chi connectivity index (χ1) is 31.0. The van der Waals surface area contributed by atoms with Gasteiger partial charge in [0, 0.05) is 6.42 Å². The monoisotopic (exact) mass is 917 g/mol. The van der Waals surface area contributed by atoms with Crippen LogP contribution in [-0.2, 0) is 18.4 Å². The van der Waals surface area contributed by atoms with Crippen LogP contribution in [0.2, 0.25) is 0 Å². The molecule has 1 amide bonds. The van der Waals surface area contributed by atoms with Crippen LogP contribution in [0.5, 0.6) is 0 Å². The Morgan fingerprint density at radius 2 is 0.953 bits per heavy atom. The fraction of sp³-hybridized carbons (Fsp3) is 0.764. The van der Waals surface area contributed by atoms with Crippen LogP contribution in [0, 0.1) is 0 Å². The minimum Gasteiger partial charge on any atom is -0.756 e. The molecule has 0 aliphatic carbocycles. The minimum absolute atomic E-state index is 0.00725. The van der Waals surface area contributed by atoms with E-state index in [1.54, 1.807) is 0 Å². The quantitative estimate of drug-likeness (QED) is 0.0272. The maximum atomic E-state index is 12.9. The van der Waals surface area contributed by atoms with E-state index in [1.165, 1.54) is 109 Å². The summed E-state index contributed by atoms with van der Waals surface area (Å²) in [6, 6.07) is -0.809. The van der Waals surface area contributed by atoms with E-state index in [-0.39, 0.29) is 19.1 Å².